The van der Waals surface area contributed by atoms with E-state index in [2.05, 4.69) is 15.0 Å². The van der Waals surface area contributed by atoms with Crippen LogP contribution >= 0.6 is 0 Å². The van der Waals surface area contributed by atoms with Gasteiger partial charge in [0.2, 0.25) is 0 Å². The number of aromatic amines is 1. The lowest BCUT2D eigenvalue weighted by Gasteiger charge is -2.15. The van der Waals surface area contributed by atoms with Crippen molar-refractivity contribution in [3.63, 3.8) is 0 Å². The van der Waals surface area contributed by atoms with Gasteiger partial charge in [-0.2, -0.15) is 0 Å². The molecular formula is C16H13N3O2. The van der Waals surface area contributed by atoms with Crippen LogP contribution < -0.4 is 5.56 Å². The monoisotopic (exact) mass is 279 g/mol. The molecule has 5 heteroatoms. The summed E-state index contributed by atoms with van der Waals surface area (Å²) in [6.45, 7) is 0.937. The Labute approximate surface area is 120 Å². The molecule has 21 heavy (non-hydrogen) atoms. The van der Waals surface area contributed by atoms with Crippen LogP contribution in [-0.2, 0) is 17.8 Å². The minimum atomic E-state index is -0.135. The zero-order valence-electron chi connectivity index (χ0n) is 11.3. The smallest absolute Gasteiger partial charge is 0.257 e. The first kappa shape index (κ1) is 12.2. The second-order valence-corrected chi connectivity index (χ2v) is 5.02. The van der Waals surface area contributed by atoms with E-state index in [9.17, 15) is 4.79 Å². The molecule has 1 aliphatic heterocycles. The number of hydrogen-bond donors (Lipinski definition) is 1. The van der Waals surface area contributed by atoms with Crippen LogP contribution in [0.1, 0.15) is 11.3 Å². The van der Waals surface area contributed by atoms with Crippen molar-refractivity contribution in [1.82, 2.24) is 15.0 Å². The van der Waals surface area contributed by atoms with Gasteiger partial charge in [0, 0.05) is 18.0 Å². The molecule has 3 heterocycles. The molecule has 0 amide bonds. The Morgan fingerprint density at radius 1 is 1.19 bits per heavy atom. The summed E-state index contributed by atoms with van der Waals surface area (Å²) in [5.41, 5.74) is 2.02. The first-order valence-electron chi connectivity index (χ1n) is 6.87. The summed E-state index contributed by atoms with van der Waals surface area (Å²) in [7, 11) is 0. The molecule has 0 saturated heterocycles. The zero-order valence-corrected chi connectivity index (χ0v) is 11.3. The van der Waals surface area contributed by atoms with Crippen molar-refractivity contribution < 1.29 is 4.74 Å². The molecule has 0 bridgehead atoms. The molecular weight excluding hydrogens is 266 g/mol. The summed E-state index contributed by atoms with van der Waals surface area (Å²) >= 11 is 0. The third-order valence-electron chi connectivity index (χ3n) is 3.73. The standard InChI is InChI=1S/C16H13N3O2/c20-16-12-9-21-8-6-13(12)18-15(19-16)14-11-4-2-1-3-10(11)5-7-17-14/h1-5,7H,6,8-9H2,(H,18,19,20). The maximum atomic E-state index is 12.2. The molecule has 5 nitrogen and oxygen atoms in total. The van der Waals surface area contributed by atoms with Crippen LogP contribution in [0.2, 0.25) is 0 Å². The molecule has 3 aromatic rings. The second-order valence-electron chi connectivity index (χ2n) is 5.02. The topological polar surface area (TPSA) is 67.9 Å². The summed E-state index contributed by atoms with van der Waals surface area (Å²) in [6, 6.07) is 9.89. The summed E-state index contributed by atoms with van der Waals surface area (Å²) in [4.78, 5) is 24.0. The maximum Gasteiger partial charge on any atom is 0.257 e. The highest BCUT2D eigenvalue weighted by molar-refractivity contribution is 5.92. The van der Waals surface area contributed by atoms with Crippen molar-refractivity contribution in [3.05, 3.63) is 58.1 Å². The van der Waals surface area contributed by atoms with Crippen LogP contribution in [0.3, 0.4) is 0 Å². The van der Waals surface area contributed by atoms with Gasteiger partial charge in [0.1, 0.15) is 5.69 Å². The SMILES string of the molecule is O=c1[nH]c(-c2nccc3ccccc23)nc2c1COCC2. The van der Waals surface area contributed by atoms with E-state index in [1.807, 2.05) is 30.3 Å². The first-order chi connectivity index (χ1) is 10.3. The molecule has 1 N–H and O–H groups in total. The molecule has 0 unspecified atom stereocenters. The number of pyridine rings is 1. The molecule has 0 aliphatic carbocycles. The van der Waals surface area contributed by atoms with Crippen molar-refractivity contribution in [2.45, 2.75) is 13.0 Å². The fraction of sp³-hybridized carbons (Fsp3) is 0.188. The number of fused-ring (bicyclic) bond motifs is 2. The quantitative estimate of drug-likeness (QED) is 0.740. The number of hydrogen-bond acceptors (Lipinski definition) is 4. The molecule has 0 saturated carbocycles. The third-order valence-corrected chi connectivity index (χ3v) is 3.73. The van der Waals surface area contributed by atoms with E-state index >= 15 is 0 Å². The van der Waals surface area contributed by atoms with Gasteiger partial charge >= 0.3 is 0 Å². The molecule has 4 rings (SSSR count). The number of benzene rings is 1. The Morgan fingerprint density at radius 2 is 2.10 bits per heavy atom. The lowest BCUT2D eigenvalue weighted by Crippen LogP contribution is -2.24. The molecule has 0 fully saturated rings. The molecule has 2 aromatic heterocycles. The van der Waals surface area contributed by atoms with E-state index in [1.54, 1.807) is 6.20 Å². The number of rotatable bonds is 1. The fourth-order valence-corrected chi connectivity index (χ4v) is 2.66. The van der Waals surface area contributed by atoms with Gasteiger partial charge < -0.3 is 9.72 Å². The van der Waals surface area contributed by atoms with Crippen LogP contribution in [-0.4, -0.2) is 21.6 Å². The van der Waals surface area contributed by atoms with Crippen LogP contribution in [0.15, 0.2) is 41.3 Å². The van der Waals surface area contributed by atoms with Gasteiger partial charge in [-0.3, -0.25) is 9.78 Å². The molecule has 1 aliphatic rings. The summed E-state index contributed by atoms with van der Waals surface area (Å²) in [5.74, 6) is 0.525. The Balaban J connectivity index is 1.97. The summed E-state index contributed by atoms with van der Waals surface area (Å²) in [5, 5.41) is 2.06. The number of nitrogens with zero attached hydrogens (tertiary/aromatic N) is 2. The van der Waals surface area contributed by atoms with Crippen molar-refractivity contribution in [1.29, 1.82) is 0 Å². The lowest BCUT2D eigenvalue weighted by atomic mass is 10.1. The predicted octanol–water partition coefficient (Wildman–Crippen LogP) is 2.06. The van der Waals surface area contributed by atoms with Crippen molar-refractivity contribution >= 4 is 10.8 Å². The minimum Gasteiger partial charge on any atom is -0.376 e. The number of H-pyrrole nitrogens is 1. The van der Waals surface area contributed by atoms with Gasteiger partial charge in [-0.05, 0) is 11.5 Å². The lowest BCUT2D eigenvalue weighted by molar-refractivity contribution is 0.108. The Morgan fingerprint density at radius 3 is 3.05 bits per heavy atom. The number of aromatic nitrogens is 3. The Hall–Kier alpha value is -2.53. The van der Waals surface area contributed by atoms with E-state index in [-0.39, 0.29) is 5.56 Å². The average Bonchev–Trinajstić information content (AvgIpc) is 2.54. The van der Waals surface area contributed by atoms with Gasteiger partial charge in [-0.1, -0.05) is 24.3 Å². The van der Waals surface area contributed by atoms with E-state index < -0.39 is 0 Å². The predicted molar refractivity (Wildman–Crippen MR) is 79.0 cm³/mol. The number of nitrogens with one attached hydrogen (secondary N) is 1. The van der Waals surface area contributed by atoms with E-state index in [0.717, 1.165) is 16.5 Å². The number of ether oxygens (including phenoxy) is 1. The molecule has 0 atom stereocenters. The van der Waals surface area contributed by atoms with Crippen LogP contribution in [0, 0.1) is 0 Å². The van der Waals surface area contributed by atoms with Gasteiger partial charge in [0.25, 0.3) is 5.56 Å². The van der Waals surface area contributed by atoms with Gasteiger partial charge in [-0.25, -0.2) is 4.98 Å². The molecule has 1 aromatic carbocycles. The van der Waals surface area contributed by atoms with Crippen LogP contribution in [0.25, 0.3) is 22.3 Å². The molecule has 104 valence electrons. The van der Waals surface area contributed by atoms with E-state index in [1.165, 1.54) is 0 Å². The van der Waals surface area contributed by atoms with E-state index in [0.29, 0.717) is 36.7 Å². The van der Waals surface area contributed by atoms with Gasteiger partial charge in [-0.15, -0.1) is 0 Å². The molecule has 0 radical (unpaired) electrons. The van der Waals surface area contributed by atoms with Crippen molar-refractivity contribution in [2.24, 2.45) is 0 Å². The Bertz CT molecular complexity index is 881. The van der Waals surface area contributed by atoms with Gasteiger partial charge in [0.15, 0.2) is 5.82 Å². The summed E-state index contributed by atoms with van der Waals surface area (Å²) in [6.07, 6.45) is 2.40. The summed E-state index contributed by atoms with van der Waals surface area (Å²) < 4.78 is 5.32. The minimum absolute atomic E-state index is 0.135. The second kappa shape index (κ2) is 4.79. The van der Waals surface area contributed by atoms with Crippen molar-refractivity contribution in [3.8, 4) is 11.5 Å². The largest absolute Gasteiger partial charge is 0.376 e. The zero-order chi connectivity index (χ0) is 14.2. The highest BCUT2D eigenvalue weighted by Gasteiger charge is 2.17. The maximum absolute atomic E-state index is 12.2. The fourth-order valence-electron chi connectivity index (χ4n) is 2.66. The van der Waals surface area contributed by atoms with Gasteiger partial charge in [0.05, 0.1) is 24.5 Å². The third kappa shape index (κ3) is 2.02. The first-order valence-corrected chi connectivity index (χ1v) is 6.87. The van der Waals surface area contributed by atoms with Crippen LogP contribution in [0.5, 0.6) is 0 Å². The Kier molecular flexibility index (Phi) is 2.79. The van der Waals surface area contributed by atoms with Crippen molar-refractivity contribution in [2.75, 3.05) is 6.61 Å². The highest BCUT2D eigenvalue weighted by atomic mass is 16.5. The van der Waals surface area contributed by atoms with E-state index in [4.69, 9.17) is 4.74 Å². The highest BCUT2D eigenvalue weighted by Crippen LogP contribution is 2.24. The molecule has 0 spiro atoms. The average molecular weight is 279 g/mol. The normalized spacial score (nSPS) is 14.1. The van der Waals surface area contributed by atoms with Crippen LogP contribution in [0.4, 0.5) is 0 Å².